The third-order valence-electron chi connectivity index (χ3n) is 3.11. The molecule has 6 heteroatoms. The molecule has 0 amide bonds. The third kappa shape index (κ3) is 2.90. The summed E-state index contributed by atoms with van der Waals surface area (Å²) in [7, 11) is 0. The standard InChI is InChI=1S/C13H14N2O4/c1-7(2-5-11(16)17)8-3-4-9-10(6-8)15-13(19)12(18)14-9/h3-4,6-7H,2,5H2,1H3,(H,14,18)(H,15,19)(H,16,17). The van der Waals surface area contributed by atoms with Crippen molar-refractivity contribution in [2.24, 2.45) is 0 Å². The Hall–Kier alpha value is -2.37. The molecule has 1 aromatic heterocycles. The van der Waals surface area contributed by atoms with Gasteiger partial charge in [0.15, 0.2) is 0 Å². The van der Waals surface area contributed by atoms with Crippen molar-refractivity contribution < 1.29 is 9.90 Å². The molecule has 1 atom stereocenters. The fraction of sp³-hybridized carbons (Fsp3) is 0.308. The smallest absolute Gasteiger partial charge is 0.314 e. The highest BCUT2D eigenvalue weighted by Gasteiger charge is 2.09. The number of H-pyrrole nitrogens is 2. The average molecular weight is 262 g/mol. The lowest BCUT2D eigenvalue weighted by molar-refractivity contribution is -0.137. The summed E-state index contributed by atoms with van der Waals surface area (Å²) in [6.45, 7) is 1.92. The first kappa shape index (κ1) is 13.1. The summed E-state index contributed by atoms with van der Waals surface area (Å²) in [6, 6.07) is 5.29. The van der Waals surface area contributed by atoms with Crippen LogP contribution in [0.3, 0.4) is 0 Å². The first-order valence-corrected chi connectivity index (χ1v) is 5.95. The molecule has 6 nitrogen and oxygen atoms in total. The number of hydrogen-bond acceptors (Lipinski definition) is 3. The molecule has 100 valence electrons. The van der Waals surface area contributed by atoms with Crippen LogP contribution in [0.5, 0.6) is 0 Å². The molecule has 0 aliphatic heterocycles. The van der Waals surface area contributed by atoms with E-state index in [1.165, 1.54) is 0 Å². The molecule has 1 aromatic carbocycles. The Kier molecular flexibility index (Phi) is 3.50. The topological polar surface area (TPSA) is 103 Å². The molecule has 0 saturated heterocycles. The maximum Gasteiger partial charge on any atom is 0.314 e. The van der Waals surface area contributed by atoms with Gasteiger partial charge in [0.1, 0.15) is 0 Å². The summed E-state index contributed by atoms with van der Waals surface area (Å²) >= 11 is 0. The first-order valence-electron chi connectivity index (χ1n) is 5.95. The number of fused-ring (bicyclic) bond motifs is 1. The fourth-order valence-electron chi connectivity index (χ4n) is 1.95. The quantitative estimate of drug-likeness (QED) is 0.720. The van der Waals surface area contributed by atoms with Gasteiger partial charge in [-0.2, -0.15) is 0 Å². The Morgan fingerprint density at radius 1 is 1.21 bits per heavy atom. The zero-order chi connectivity index (χ0) is 14.0. The fourth-order valence-corrected chi connectivity index (χ4v) is 1.95. The lowest BCUT2D eigenvalue weighted by atomic mass is 9.96. The molecule has 0 radical (unpaired) electrons. The summed E-state index contributed by atoms with van der Waals surface area (Å²) in [5.41, 5.74) is 0.654. The molecule has 3 N–H and O–H groups in total. The highest BCUT2D eigenvalue weighted by Crippen LogP contribution is 2.22. The molecule has 2 rings (SSSR count). The number of carboxylic acid groups (broad SMARTS) is 1. The Bertz CT molecular complexity index is 729. The van der Waals surface area contributed by atoms with Gasteiger partial charge in [-0.1, -0.05) is 13.0 Å². The lowest BCUT2D eigenvalue weighted by Crippen LogP contribution is -2.28. The maximum atomic E-state index is 11.3. The molecule has 1 heterocycles. The Morgan fingerprint density at radius 2 is 1.84 bits per heavy atom. The Morgan fingerprint density at radius 3 is 2.47 bits per heavy atom. The first-order chi connectivity index (χ1) is 8.97. The highest BCUT2D eigenvalue weighted by molar-refractivity contribution is 5.74. The van der Waals surface area contributed by atoms with E-state index in [0.717, 1.165) is 5.56 Å². The molecule has 0 saturated carbocycles. The lowest BCUT2D eigenvalue weighted by Gasteiger charge is -2.11. The maximum absolute atomic E-state index is 11.3. The van der Waals surface area contributed by atoms with Crippen LogP contribution in [0.2, 0.25) is 0 Å². The van der Waals surface area contributed by atoms with Crippen molar-refractivity contribution in [3.05, 3.63) is 44.5 Å². The summed E-state index contributed by atoms with van der Waals surface area (Å²) in [5.74, 6) is -0.763. The van der Waals surface area contributed by atoms with Crippen LogP contribution in [0.4, 0.5) is 0 Å². The monoisotopic (exact) mass is 262 g/mol. The van der Waals surface area contributed by atoms with Crippen molar-refractivity contribution in [1.82, 2.24) is 9.97 Å². The highest BCUT2D eigenvalue weighted by atomic mass is 16.4. The number of aliphatic carboxylic acids is 1. The second-order valence-corrected chi connectivity index (χ2v) is 4.55. The van der Waals surface area contributed by atoms with Crippen LogP contribution in [0.1, 0.15) is 31.2 Å². The van der Waals surface area contributed by atoms with Crippen LogP contribution >= 0.6 is 0 Å². The van der Waals surface area contributed by atoms with Gasteiger partial charge in [0.05, 0.1) is 11.0 Å². The average Bonchev–Trinajstić information content (AvgIpc) is 2.36. The van der Waals surface area contributed by atoms with Crippen LogP contribution < -0.4 is 11.1 Å². The molecular weight excluding hydrogens is 248 g/mol. The van der Waals surface area contributed by atoms with Gasteiger partial charge in [0.25, 0.3) is 0 Å². The zero-order valence-electron chi connectivity index (χ0n) is 10.4. The van der Waals surface area contributed by atoms with Crippen molar-refractivity contribution in [1.29, 1.82) is 0 Å². The molecule has 19 heavy (non-hydrogen) atoms. The van der Waals surface area contributed by atoms with Gasteiger partial charge in [0.2, 0.25) is 0 Å². The van der Waals surface area contributed by atoms with Crippen molar-refractivity contribution in [2.45, 2.75) is 25.7 Å². The van der Waals surface area contributed by atoms with Crippen molar-refractivity contribution in [2.75, 3.05) is 0 Å². The molecular formula is C13H14N2O4. The number of aromatic amines is 2. The van der Waals surface area contributed by atoms with Crippen molar-refractivity contribution >= 4 is 17.0 Å². The minimum Gasteiger partial charge on any atom is -0.481 e. The SMILES string of the molecule is CC(CCC(=O)O)c1ccc2[nH]c(=O)c(=O)[nH]c2c1. The number of nitrogens with one attached hydrogen (secondary N) is 2. The molecule has 1 unspecified atom stereocenters. The normalized spacial score (nSPS) is 12.5. The van der Waals surface area contributed by atoms with Gasteiger partial charge in [-0.25, -0.2) is 0 Å². The van der Waals surface area contributed by atoms with Gasteiger partial charge < -0.3 is 15.1 Å². The van der Waals surface area contributed by atoms with E-state index in [9.17, 15) is 14.4 Å². The number of hydrogen-bond donors (Lipinski definition) is 3. The van der Waals surface area contributed by atoms with Crippen molar-refractivity contribution in [3.8, 4) is 0 Å². The van der Waals surface area contributed by atoms with Crippen LogP contribution in [0, 0.1) is 0 Å². The summed E-state index contributed by atoms with van der Waals surface area (Å²) < 4.78 is 0. The van der Waals surface area contributed by atoms with E-state index >= 15 is 0 Å². The minimum atomic E-state index is -0.828. The molecule has 0 aliphatic rings. The van der Waals surface area contributed by atoms with Crippen LogP contribution in [-0.2, 0) is 4.79 Å². The van der Waals surface area contributed by atoms with E-state index in [1.54, 1.807) is 12.1 Å². The van der Waals surface area contributed by atoms with Crippen LogP contribution in [0.15, 0.2) is 27.8 Å². The van der Waals surface area contributed by atoms with E-state index in [-0.39, 0.29) is 12.3 Å². The van der Waals surface area contributed by atoms with Gasteiger partial charge >= 0.3 is 17.1 Å². The number of carbonyl (C=O) groups is 1. The molecule has 0 fully saturated rings. The summed E-state index contributed by atoms with van der Waals surface area (Å²) in [4.78, 5) is 37.9. The zero-order valence-corrected chi connectivity index (χ0v) is 10.4. The minimum absolute atomic E-state index is 0.0657. The summed E-state index contributed by atoms with van der Waals surface area (Å²) in [5, 5.41) is 8.66. The van der Waals surface area contributed by atoms with Gasteiger partial charge in [-0.05, 0) is 30.0 Å². The second kappa shape index (κ2) is 5.09. The van der Waals surface area contributed by atoms with Gasteiger partial charge in [0, 0.05) is 6.42 Å². The van der Waals surface area contributed by atoms with E-state index in [0.29, 0.717) is 17.5 Å². The number of aromatic nitrogens is 2. The number of benzene rings is 1. The van der Waals surface area contributed by atoms with Crippen LogP contribution in [-0.4, -0.2) is 21.0 Å². The third-order valence-corrected chi connectivity index (χ3v) is 3.11. The van der Waals surface area contributed by atoms with E-state index < -0.39 is 17.1 Å². The predicted molar refractivity (Wildman–Crippen MR) is 70.5 cm³/mol. The van der Waals surface area contributed by atoms with Crippen molar-refractivity contribution in [3.63, 3.8) is 0 Å². The molecule has 0 spiro atoms. The van der Waals surface area contributed by atoms with Gasteiger partial charge in [-0.3, -0.25) is 14.4 Å². The van der Waals surface area contributed by atoms with E-state index in [4.69, 9.17) is 5.11 Å². The number of carboxylic acids is 1. The molecule has 0 bridgehead atoms. The largest absolute Gasteiger partial charge is 0.481 e. The second-order valence-electron chi connectivity index (χ2n) is 4.55. The molecule has 2 aromatic rings. The van der Waals surface area contributed by atoms with E-state index in [2.05, 4.69) is 9.97 Å². The summed E-state index contributed by atoms with van der Waals surface area (Å²) in [6.07, 6.45) is 0.621. The van der Waals surface area contributed by atoms with Crippen LogP contribution in [0.25, 0.3) is 11.0 Å². The Labute approximate surface area is 108 Å². The molecule has 0 aliphatic carbocycles. The Balaban J connectivity index is 2.35. The van der Waals surface area contributed by atoms with Gasteiger partial charge in [-0.15, -0.1) is 0 Å². The predicted octanol–water partition coefficient (Wildman–Crippen LogP) is 1.18. The number of rotatable bonds is 4. The van der Waals surface area contributed by atoms with E-state index in [1.807, 2.05) is 13.0 Å².